The van der Waals surface area contributed by atoms with Crippen molar-refractivity contribution in [2.24, 2.45) is 0 Å². The van der Waals surface area contributed by atoms with E-state index in [-0.39, 0.29) is 59.6 Å². The second-order valence-electron chi connectivity index (χ2n) is 10.7. The lowest BCUT2D eigenvalue weighted by Gasteiger charge is -2.27. The smallest absolute Gasteiger partial charge is 0.312 e. The van der Waals surface area contributed by atoms with E-state index < -0.39 is 0 Å². The monoisotopic (exact) mass is 600 g/mol. The van der Waals surface area contributed by atoms with Gasteiger partial charge >= 0.3 is 11.9 Å². The van der Waals surface area contributed by atoms with Gasteiger partial charge < -0.3 is 39.4 Å². The summed E-state index contributed by atoms with van der Waals surface area (Å²) in [7, 11) is 2.94. The van der Waals surface area contributed by atoms with Crippen molar-refractivity contribution in [3.63, 3.8) is 0 Å². The summed E-state index contributed by atoms with van der Waals surface area (Å²) >= 11 is 0. The molecule has 2 atom stereocenters. The lowest BCUT2D eigenvalue weighted by Crippen LogP contribution is -2.21. The number of methoxy groups -OCH3 is 2. The number of aryl methyl sites for hydroxylation is 2. The van der Waals surface area contributed by atoms with Crippen LogP contribution in [-0.2, 0) is 9.59 Å². The molecule has 10 heteroatoms. The van der Waals surface area contributed by atoms with Crippen molar-refractivity contribution in [3.8, 4) is 46.0 Å². The van der Waals surface area contributed by atoms with Crippen molar-refractivity contribution in [2.45, 2.75) is 38.5 Å². The quantitative estimate of drug-likeness (QED) is 0.169. The molecule has 0 fully saturated rings. The number of carbonyl (C=O) groups excluding carboxylic acids is 2. The van der Waals surface area contributed by atoms with Crippen LogP contribution in [0.1, 0.15) is 58.1 Å². The third kappa shape index (κ3) is 5.92. The highest BCUT2D eigenvalue weighted by Crippen LogP contribution is 2.46. The van der Waals surface area contributed by atoms with Crippen molar-refractivity contribution >= 4 is 11.9 Å². The predicted octanol–water partition coefficient (Wildman–Crippen LogP) is 5.71. The van der Waals surface area contributed by atoms with Crippen LogP contribution in [0.25, 0.3) is 0 Å². The van der Waals surface area contributed by atoms with Crippen molar-refractivity contribution in [1.82, 2.24) is 0 Å². The first-order valence-corrected chi connectivity index (χ1v) is 13.8. The van der Waals surface area contributed by atoms with Crippen molar-refractivity contribution in [2.75, 3.05) is 14.2 Å². The number of hydrogen-bond donors (Lipinski definition) is 4. The Hall–Kier alpha value is -5.38. The van der Waals surface area contributed by atoms with E-state index in [1.807, 2.05) is 13.8 Å². The number of aromatic hydroxyl groups is 4. The summed E-state index contributed by atoms with van der Waals surface area (Å²) in [6.45, 7) is 3.68. The first kappa shape index (κ1) is 30.1. The van der Waals surface area contributed by atoms with E-state index in [1.165, 1.54) is 26.4 Å². The van der Waals surface area contributed by atoms with E-state index in [9.17, 15) is 30.0 Å². The summed E-state index contributed by atoms with van der Waals surface area (Å²) in [5, 5.41) is 39.4. The third-order valence-corrected chi connectivity index (χ3v) is 7.70. The van der Waals surface area contributed by atoms with Gasteiger partial charge in [0.25, 0.3) is 0 Å². The number of rotatable bonds is 4. The molecule has 2 heterocycles. The lowest BCUT2D eigenvalue weighted by atomic mass is 9.83. The molecule has 4 aromatic rings. The molecular weight excluding hydrogens is 568 g/mol. The van der Waals surface area contributed by atoms with Gasteiger partial charge in [-0.05, 0) is 78.6 Å². The molecule has 0 aromatic heterocycles. The van der Waals surface area contributed by atoms with Gasteiger partial charge in [-0.15, -0.1) is 0 Å². The SMILES string of the molecule is COc1cc(C2CC(=O)Oc3cc(C)cc(O)c32)ccc1O.COc1cc(C2CC(=O)Oc3cc(O)cc(C)c32)ccc1O. The summed E-state index contributed by atoms with van der Waals surface area (Å²) in [6.07, 6.45) is 0.324. The molecular formula is C34H32O10. The van der Waals surface area contributed by atoms with E-state index in [4.69, 9.17) is 18.9 Å². The fourth-order valence-corrected chi connectivity index (χ4v) is 5.72. The molecule has 6 rings (SSSR count). The number of ether oxygens (including phenoxy) is 4. The molecule has 4 N–H and O–H groups in total. The number of phenolic OH excluding ortho intramolecular Hbond substituents is 4. The van der Waals surface area contributed by atoms with Gasteiger partial charge in [0, 0.05) is 29.0 Å². The number of benzene rings is 4. The summed E-state index contributed by atoms with van der Waals surface area (Å²) in [5.41, 5.74) is 4.73. The second-order valence-corrected chi connectivity index (χ2v) is 10.7. The largest absolute Gasteiger partial charge is 0.508 e. The maximum absolute atomic E-state index is 11.9. The van der Waals surface area contributed by atoms with Crippen LogP contribution in [0.3, 0.4) is 0 Å². The molecule has 2 unspecified atom stereocenters. The van der Waals surface area contributed by atoms with Crippen molar-refractivity contribution in [3.05, 3.63) is 94.0 Å². The maximum Gasteiger partial charge on any atom is 0.312 e. The molecule has 0 radical (unpaired) electrons. The highest BCUT2D eigenvalue weighted by Gasteiger charge is 2.32. The molecule has 2 aliphatic heterocycles. The van der Waals surface area contributed by atoms with E-state index in [1.54, 1.807) is 48.5 Å². The van der Waals surface area contributed by atoms with Crippen molar-refractivity contribution < 1.29 is 49.0 Å². The van der Waals surface area contributed by atoms with E-state index in [2.05, 4.69) is 0 Å². The number of fused-ring (bicyclic) bond motifs is 2. The van der Waals surface area contributed by atoms with Gasteiger partial charge in [0.05, 0.1) is 27.1 Å². The minimum atomic E-state index is -0.352. The Bertz CT molecular complexity index is 1630. The van der Waals surface area contributed by atoms with Crippen LogP contribution in [0.4, 0.5) is 0 Å². The molecule has 0 saturated heterocycles. The Balaban J connectivity index is 0.000000175. The van der Waals surface area contributed by atoms with E-state index in [0.29, 0.717) is 28.6 Å². The molecule has 2 aliphatic rings. The average Bonchev–Trinajstić information content (AvgIpc) is 2.96. The Kier molecular flexibility index (Phi) is 8.26. The molecule has 0 saturated carbocycles. The molecule has 44 heavy (non-hydrogen) atoms. The number of hydrogen-bond acceptors (Lipinski definition) is 10. The Morgan fingerprint density at radius 2 is 1.14 bits per heavy atom. The van der Waals surface area contributed by atoms with Gasteiger partial charge in [-0.2, -0.15) is 0 Å². The van der Waals surface area contributed by atoms with Gasteiger partial charge in [-0.25, -0.2) is 0 Å². The fourth-order valence-electron chi connectivity index (χ4n) is 5.72. The zero-order valence-corrected chi connectivity index (χ0v) is 24.6. The van der Waals surface area contributed by atoms with Crippen LogP contribution in [0.2, 0.25) is 0 Å². The highest BCUT2D eigenvalue weighted by molar-refractivity contribution is 5.79. The highest BCUT2D eigenvalue weighted by atomic mass is 16.5. The minimum absolute atomic E-state index is 0.0259. The Labute approximate surface area is 253 Å². The van der Waals surface area contributed by atoms with Gasteiger partial charge in [0.1, 0.15) is 23.0 Å². The predicted molar refractivity (Wildman–Crippen MR) is 159 cm³/mol. The molecule has 0 spiro atoms. The summed E-state index contributed by atoms with van der Waals surface area (Å²) in [6, 6.07) is 16.4. The molecule has 0 aliphatic carbocycles. The normalized spacial score (nSPS) is 16.8. The van der Waals surface area contributed by atoms with Gasteiger partial charge in [-0.3, -0.25) is 9.59 Å². The van der Waals surface area contributed by atoms with Crippen LogP contribution in [-0.4, -0.2) is 46.6 Å². The fraction of sp³-hybridized carbons (Fsp3) is 0.235. The summed E-state index contributed by atoms with van der Waals surface area (Å²) in [4.78, 5) is 23.7. The van der Waals surface area contributed by atoms with Gasteiger partial charge in [0.2, 0.25) is 0 Å². The second kappa shape index (κ2) is 12.1. The zero-order valence-electron chi connectivity index (χ0n) is 24.6. The first-order chi connectivity index (χ1) is 21.0. The third-order valence-electron chi connectivity index (χ3n) is 7.70. The number of carbonyl (C=O) groups is 2. The van der Waals surface area contributed by atoms with Crippen LogP contribution < -0.4 is 18.9 Å². The molecule has 228 valence electrons. The summed E-state index contributed by atoms with van der Waals surface area (Å²) < 4.78 is 20.7. The number of phenols is 4. The maximum atomic E-state index is 11.9. The minimum Gasteiger partial charge on any atom is -0.508 e. The van der Waals surface area contributed by atoms with Gasteiger partial charge in [-0.1, -0.05) is 12.1 Å². The number of esters is 2. The summed E-state index contributed by atoms with van der Waals surface area (Å²) in [5.74, 6) is 0.426. The molecule has 0 amide bonds. The molecule has 4 aromatic carbocycles. The van der Waals surface area contributed by atoms with E-state index in [0.717, 1.165) is 27.8 Å². The Morgan fingerprint density at radius 1 is 0.636 bits per heavy atom. The van der Waals surface area contributed by atoms with E-state index >= 15 is 0 Å². The van der Waals surface area contributed by atoms with Crippen LogP contribution in [0.5, 0.6) is 46.0 Å². The van der Waals surface area contributed by atoms with Crippen LogP contribution >= 0.6 is 0 Å². The van der Waals surface area contributed by atoms with Crippen LogP contribution in [0, 0.1) is 13.8 Å². The van der Waals surface area contributed by atoms with Crippen LogP contribution in [0.15, 0.2) is 60.7 Å². The molecule has 10 nitrogen and oxygen atoms in total. The van der Waals surface area contributed by atoms with Gasteiger partial charge in [0.15, 0.2) is 23.0 Å². The van der Waals surface area contributed by atoms with Crippen molar-refractivity contribution in [1.29, 1.82) is 0 Å². The topological polar surface area (TPSA) is 152 Å². The lowest BCUT2D eigenvalue weighted by molar-refractivity contribution is -0.136. The molecule has 0 bridgehead atoms. The Morgan fingerprint density at radius 3 is 1.66 bits per heavy atom. The first-order valence-electron chi connectivity index (χ1n) is 13.8. The zero-order chi connectivity index (χ0) is 31.7. The standard InChI is InChI=1S/2C17H16O5/c1-9-5-11(18)7-15-17(9)12(8-16(20)22-15)10-3-4-13(19)14(6-10)21-2;1-9-5-13(19)17-11(8-16(20)22-15(17)6-9)10-3-4-12(18)14(7-10)21-2/h3-7,12,18-19H,8H2,1-2H3;3-7,11,18-19H,8H2,1-2H3. The average molecular weight is 601 g/mol.